The molecule has 0 N–H and O–H groups in total. The Bertz CT molecular complexity index is 531. The van der Waals surface area contributed by atoms with Gasteiger partial charge in [-0.05, 0) is 51.5 Å². The fraction of sp³-hybridized carbons (Fsp3) is 0.333. The summed E-state index contributed by atoms with van der Waals surface area (Å²) in [5.41, 5.74) is 5.21. The van der Waals surface area contributed by atoms with E-state index < -0.39 is 0 Å². The second-order valence-electron chi connectivity index (χ2n) is 4.25. The predicted molar refractivity (Wildman–Crippen MR) is 82.4 cm³/mol. The van der Waals surface area contributed by atoms with Gasteiger partial charge in [0.25, 0.3) is 0 Å². The SMILES string of the molecule is CCc1ccc(CC)c(C(Br)c2ccoc2Br)c1. The number of alkyl halides is 1. The fourth-order valence-electron chi connectivity index (χ4n) is 2.07. The van der Waals surface area contributed by atoms with E-state index >= 15 is 0 Å². The number of hydrogen-bond acceptors (Lipinski definition) is 1. The highest BCUT2D eigenvalue weighted by molar-refractivity contribution is 9.10. The first kappa shape index (κ1) is 13.9. The summed E-state index contributed by atoms with van der Waals surface area (Å²) >= 11 is 7.24. The third kappa shape index (κ3) is 2.72. The highest BCUT2D eigenvalue weighted by Crippen LogP contribution is 2.38. The van der Waals surface area contributed by atoms with E-state index in [1.165, 1.54) is 16.7 Å². The van der Waals surface area contributed by atoms with Gasteiger partial charge in [0.05, 0.1) is 11.1 Å². The van der Waals surface area contributed by atoms with Crippen LogP contribution in [0.3, 0.4) is 0 Å². The van der Waals surface area contributed by atoms with Crippen LogP contribution in [0.5, 0.6) is 0 Å². The predicted octanol–water partition coefficient (Wildman–Crippen LogP) is 5.65. The summed E-state index contributed by atoms with van der Waals surface area (Å²) in [5, 5.41) is 0. The van der Waals surface area contributed by atoms with Crippen molar-refractivity contribution in [2.45, 2.75) is 31.5 Å². The first-order valence-corrected chi connectivity index (χ1v) is 7.86. The largest absolute Gasteiger partial charge is 0.457 e. The molecule has 2 rings (SSSR count). The van der Waals surface area contributed by atoms with E-state index in [1.54, 1.807) is 6.26 Å². The second-order valence-corrected chi connectivity index (χ2v) is 5.89. The van der Waals surface area contributed by atoms with Crippen molar-refractivity contribution >= 4 is 31.9 Å². The molecule has 0 aliphatic carbocycles. The minimum atomic E-state index is 0.173. The molecule has 0 saturated carbocycles. The Kier molecular flexibility index (Phi) is 4.68. The molecule has 0 saturated heterocycles. The Morgan fingerprint density at radius 3 is 2.44 bits per heavy atom. The third-order valence-corrected chi connectivity index (χ3v) is 4.82. The number of hydrogen-bond donors (Lipinski definition) is 0. The summed E-state index contributed by atoms with van der Waals surface area (Å²) in [7, 11) is 0. The van der Waals surface area contributed by atoms with Crippen molar-refractivity contribution in [3.63, 3.8) is 0 Å². The molecule has 1 unspecified atom stereocenters. The highest BCUT2D eigenvalue weighted by atomic mass is 79.9. The molecule has 0 fully saturated rings. The number of furan rings is 1. The molecule has 0 aliphatic rings. The molecule has 0 spiro atoms. The van der Waals surface area contributed by atoms with Gasteiger partial charge >= 0.3 is 0 Å². The van der Waals surface area contributed by atoms with Crippen molar-refractivity contribution in [2.24, 2.45) is 0 Å². The monoisotopic (exact) mass is 370 g/mol. The molecule has 2 aromatic rings. The molecule has 0 bridgehead atoms. The molecule has 18 heavy (non-hydrogen) atoms. The van der Waals surface area contributed by atoms with Crippen LogP contribution in [-0.2, 0) is 12.8 Å². The van der Waals surface area contributed by atoms with Crippen LogP contribution in [0, 0.1) is 0 Å². The van der Waals surface area contributed by atoms with E-state index in [0.717, 1.165) is 23.1 Å². The first-order chi connectivity index (χ1) is 8.67. The van der Waals surface area contributed by atoms with Crippen molar-refractivity contribution in [1.82, 2.24) is 0 Å². The van der Waals surface area contributed by atoms with Crippen molar-refractivity contribution in [3.8, 4) is 0 Å². The standard InChI is InChI=1S/C15H16Br2O/c1-3-10-5-6-11(4-2)13(9-10)14(16)12-7-8-18-15(12)17/h5-9,14H,3-4H2,1-2H3. The average Bonchev–Trinajstić information content (AvgIpc) is 2.83. The van der Waals surface area contributed by atoms with Gasteiger partial charge in [-0.15, -0.1) is 0 Å². The van der Waals surface area contributed by atoms with Gasteiger partial charge in [-0.2, -0.15) is 0 Å². The molecule has 1 heterocycles. The normalized spacial score (nSPS) is 12.7. The summed E-state index contributed by atoms with van der Waals surface area (Å²) in [5.74, 6) is 0. The van der Waals surface area contributed by atoms with Gasteiger partial charge in [0.15, 0.2) is 4.67 Å². The van der Waals surface area contributed by atoms with E-state index in [1.807, 2.05) is 6.07 Å². The van der Waals surface area contributed by atoms with Crippen LogP contribution < -0.4 is 0 Å². The maximum Gasteiger partial charge on any atom is 0.173 e. The van der Waals surface area contributed by atoms with E-state index in [2.05, 4.69) is 63.9 Å². The van der Waals surface area contributed by atoms with Crippen molar-refractivity contribution in [3.05, 3.63) is 57.5 Å². The molecular formula is C15H16Br2O. The zero-order valence-corrected chi connectivity index (χ0v) is 13.7. The van der Waals surface area contributed by atoms with E-state index in [4.69, 9.17) is 4.42 Å². The van der Waals surface area contributed by atoms with Crippen molar-refractivity contribution in [1.29, 1.82) is 0 Å². The average molecular weight is 372 g/mol. The minimum absolute atomic E-state index is 0.173. The van der Waals surface area contributed by atoms with Crippen LogP contribution in [0.2, 0.25) is 0 Å². The summed E-state index contributed by atoms with van der Waals surface area (Å²) in [6, 6.07) is 8.74. The number of rotatable bonds is 4. The summed E-state index contributed by atoms with van der Waals surface area (Å²) < 4.78 is 6.12. The van der Waals surface area contributed by atoms with Crippen molar-refractivity contribution in [2.75, 3.05) is 0 Å². The highest BCUT2D eigenvalue weighted by Gasteiger charge is 2.18. The summed E-state index contributed by atoms with van der Waals surface area (Å²) in [6.45, 7) is 4.37. The van der Waals surface area contributed by atoms with Gasteiger partial charge in [0.2, 0.25) is 0 Å². The van der Waals surface area contributed by atoms with E-state index in [0.29, 0.717) is 0 Å². The lowest BCUT2D eigenvalue weighted by Crippen LogP contribution is -1.99. The Morgan fingerprint density at radius 1 is 1.11 bits per heavy atom. The lowest BCUT2D eigenvalue weighted by atomic mass is 9.96. The number of aryl methyl sites for hydroxylation is 2. The summed E-state index contributed by atoms with van der Waals surface area (Å²) in [4.78, 5) is 0.173. The van der Waals surface area contributed by atoms with Crippen LogP contribution in [0.1, 0.15) is 40.9 Å². The van der Waals surface area contributed by atoms with Gasteiger partial charge < -0.3 is 4.42 Å². The van der Waals surface area contributed by atoms with E-state index in [9.17, 15) is 0 Å². The number of halogens is 2. The number of benzene rings is 1. The molecular weight excluding hydrogens is 356 g/mol. The molecule has 96 valence electrons. The van der Waals surface area contributed by atoms with Gasteiger partial charge in [-0.1, -0.05) is 48.0 Å². The molecule has 0 radical (unpaired) electrons. The van der Waals surface area contributed by atoms with E-state index in [-0.39, 0.29) is 4.83 Å². The maximum absolute atomic E-state index is 5.32. The van der Waals surface area contributed by atoms with Crippen LogP contribution in [-0.4, -0.2) is 0 Å². The van der Waals surface area contributed by atoms with Crippen LogP contribution in [0.15, 0.2) is 39.6 Å². The molecule has 1 aromatic carbocycles. The zero-order valence-electron chi connectivity index (χ0n) is 10.5. The Labute approximate surface area is 125 Å². The topological polar surface area (TPSA) is 13.1 Å². The van der Waals surface area contributed by atoms with Gasteiger partial charge in [0.1, 0.15) is 0 Å². The third-order valence-electron chi connectivity index (χ3n) is 3.19. The maximum atomic E-state index is 5.32. The molecule has 1 aromatic heterocycles. The first-order valence-electron chi connectivity index (χ1n) is 6.16. The molecule has 0 amide bonds. The van der Waals surface area contributed by atoms with Gasteiger partial charge in [-0.25, -0.2) is 0 Å². The Hall–Kier alpha value is -0.540. The molecule has 0 aliphatic heterocycles. The Morgan fingerprint density at radius 2 is 1.89 bits per heavy atom. The second kappa shape index (κ2) is 6.07. The lowest BCUT2D eigenvalue weighted by Gasteiger charge is -2.15. The van der Waals surface area contributed by atoms with Gasteiger partial charge in [0, 0.05) is 5.56 Å². The van der Waals surface area contributed by atoms with Crippen LogP contribution in [0.25, 0.3) is 0 Å². The molecule has 3 heteroatoms. The molecule has 1 nitrogen and oxygen atoms in total. The smallest absolute Gasteiger partial charge is 0.173 e. The quantitative estimate of drug-likeness (QED) is 0.632. The van der Waals surface area contributed by atoms with Gasteiger partial charge in [-0.3, -0.25) is 0 Å². The lowest BCUT2D eigenvalue weighted by molar-refractivity contribution is 0.537. The minimum Gasteiger partial charge on any atom is -0.457 e. The van der Waals surface area contributed by atoms with Crippen molar-refractivity contribution < 1.29 is 4.42 Å². The fourth-order valence-corrected chi connectivity index (χ4v) is 3.64. The molecule has 1 atom stereocenters. The van der Waals surface area contributed by atoms with Crippen LogP contribution >= 0.6 is 31.9 Å². The summed E-state index contributed by atoms with van der Waals surface area (Å²) in [6.07, 6.45) is 3.81. The zero-order chi connectivity index (χ0) is 13.1. The van der Waals surface area contributed by atoms with Crippen LogP contribution in [0.4, 0.5) is 0 Å². The Balaban J connectivity index is 2.45.